The van der Waals surface area contributed by atoms with Crippen molar-refractivity contribution in [2.45, 2.75) is 32.2 Å². The molecule has 2 unspecified atom stereocenters. The van der Waals surface area contributed by atoms with Crippen LogP contribution in [0.25, 0.3) is 0 Å². The molecule has 2 atom stereocenters. The standard InChI is InChI=1S/C15H23NO6/c1-9(18)16-5-4-11(19)15(20)14-12(21-2)6-10(8-17)7-13(14)22-3/h6-7,11,15,17,19-20H,4-5,8H2,1-3H3,(H,16,18). The summed E-state index contributed by atoms with van der Waals surface area (Å²) >= 11 is 0. The highest BCUT2D eigenvalue weighted by Crippen LogP contribution is 2.37. The molecule has 0 aromatic heterocycles. The van der Waals surface area contributed by atoms with E-state index in [4.69, 9.17) is 9.47 Å². The highest BCUT2D eigenvalue weighted by Gasteiger charge is 2.26. The molecular weight excluding hydrogens is 290 g/mol. The fourth-order valence-corrected chi connectivity index (χ4v) is 2.12. The molecule has 1 rings (SSSR count). The van der Waals surface area contributed by atoms with Gasteiger partial charge >= 0.3 is 0 Å². The number of methoxy groups -OCH3 is 2. The first-order valence-electron chi connectivity index (χ1n) is 6.90. The number of aliphatic hydroxyl groups excluding tert-OH is 3. The zero-order valence-electron chi connectivity index (χ0n) is 13.0. The number of benzene rings is 1. The number of rotatable bonds is 8. The molecule has 0 radical (unpaired) electrons. The van der Waals surface area contributed by atoms with Crippen LogP contribution in [0.2, 0.25) is 0 Å². The molecule has 7 nitrogen and oxygen atoms in total. The van der Waals surface area contributed by atoms with E-state index in [-0.39, 0.29) is 25.5 Å². The Balaban J connectivity index is 2.99. The maximum absolute atomic E-state index is 10.8. The van der Waals surface area contributed by atoms with Crippen LogP contribution in [0.15, 0.2) is 12.1 Å². The Kier molecular flexibility index (Phi) is 7.10. The van der Waals surface area contributed by atoms with Crippen molar-refractivity contribution < 1.29 is 29.6 Å². The van der Waals surface area contributed by atoms with Crippen LogP contribution in [0.1, 0.15) is 30.6 Å². The van der Waals surface area contributed by atoms with Crippen molar-refractivity contribution in [3.8, 4) is 11.5 Å². The Morgan fingerprint density at radius 3 is 2.18 bits per heavy atom. The highest BCUT2D eigenvalue weighted by atomic mass is 16.5. The molecular formula is C15H23NO6. The lowest BCUT2D eigenvalue weighted by Crippen LogP contribution is -2.28. The molecule has 0 aliphatic heterocycles. The molecule has 0 heterocycles. The van der Waals surface area contributed by atoms with Gasteiger partial charge < -0.3 is 30.1 Å². The zero-order valence-corrected chi connectivity index (χ0v) is 13.0. The Bertz CT molecular complexity index is 480. The summed E-state index contributed by atoms with van der Waals surface area (Å²) in [5.41, 5.74) is 0.870. The van der Waals surface area contributed by atoms with E-state index in [9.17, 15) is 20.1 Å². The van der Waals surface area contributed by atoms with Crippen LogP contribution in [0.4, 0.5) is 0 Å². The average Bonchev–Trinajstić information content (AvgIpc) is 2.52. The van der Waals surface area contributed by atoms with Gasteiger partial charge in [0.2, 0.25) is 5.91 Å². The second kappa shape index (κ2) is 8.57. The van der Waals surface area contributed by atoms with Gasteiger partial charge in [-0.3, -0.25) is 4.79 Å². The number of hydrogen-bond donors (Lipinski definition) is 4. The van der Waals surface area contributed by atoms with Gasteiger partial charge in [0.05, 0.1) is 32.5 Å². The summed E-state index contributed by atoms with van der Waals surface area (Å²) in [6.45, 7) is 1.42. The summed E-state index contributed by atoms with van der Waals surface area (Å²) in [5.74, 6) is 0.424. The largest absolute Gasteiger partial charge is 0.496 e. The molecule has 0 spiro atoms. The molecule has 1 aromatic carbocycles. The van der Waals surface area contributed by atoms with Crippen molar-refractivity contribution in [1.82, 2.24) is 5.32 Å². The van der Waals surface area contributed by atoms with E-state index in [0.29, 0.717) is 22.6 Å². The molecule has 22 heavy (non-hydrogen) atoms. The maximum atomic E-state index is 10.8. The van der Waals surface area contributed by atoms with Crippen molar-refractivity contribution >= 4 is 5.91 Å². The second-order valence-corrected chi connectivity index (χ2v) is 4.86. The average molecular weight is 313 g/mol. The van der Waals surface area contributed by atoms with E-state index in [1.54, 1.807) is 12.1 Å². The number of ether oxygens (including phenoxy) is 2. The minimum absolute atomic E-state index is 0.175. The van der Waals surface area contributed by atoms with E-state index < -0.39 is 12.2 Å². The van der Waals surface area contributed by atoms with Gasteiger partial charge in [0.15, 0.2) is 0 Å². The van der Waals surface area contributed by atoms with Crippen LogP contribution < -0.4 is 14.8 Å². The van der Waals surface area contributed by atoms with Crippen molar-refractivity contribution in [2.75, 3.05) is 20.8 Å². The molecule has 4 N–H and O–H groups in total. The van der Waals surface area contributed by atoms with E-state index in [2.05, 4.69) is 5.32 Å². The van der Waals surface area contributed by atoms with Crippen LogP contribution in [-0.4, -0.2) is 48.1 Å². The molecule has 0 bridgehead atoms. The topological polar surface area (TPSA) is 108 Å². The number of carbonyl (C=O) groups is 1. The zero-order chi connectivity index (χ0) is 16.7. The minimum atomic E-state index is -1.24. The first kappa shape index (κ1) is 18.2. The first-order valence-corrected chi connectivity index (χ1v) is 6.90. The summed E-state index contributed by atoms with van der Waals surface area (Å²) in [6, 6.07) is 3.14. The van der Waals surface area contributed by atoms with E-state index in [1.165, 1.54) is 21.1 Å². The van der Waals surface area contributed by atoms with Gasteiger partial charge in [-0.05, 0) is 24.1 Å². The fraction of sp³-hybridized carbons (Fsp3) is 0.533. The van der Waals surface area contributed by atoms with Gasteiger partial charge in [-0.2, -0.15) is 0 Å². The van der Waals surface area contributed by atoms with Gasteiger partial charge in [-0.1, -0.05) is 0 Å². The SMILES string of the molecule is COc1cc(CO)cc(OC)c1C(O)C(O)CCNC(C)=O. The molecule has 0 aliphatic rings. The van der Waals surface area contributed by atoms with Crippen molar-refractivity contribution in [1.29, 1.82) is 0 Å². The first-order chi connectivity index (χ1) is 10.4. The van der Waals surface area contributed by atoms with Gasteiger partial charge in [-0.25, -0.2) is 0 Å². The molecule has 1 amide bonds. The van der Waals surface area contributed by atoms with Crippen LogP contribution in [-0.2, 0) is 11.4 Å². The number of carbonyl (C=O) groups excluding carboxylic acids is 1. The third-order valence-electron chi connectivity index (χ3n) is 3.26. The quantitative estimate of drug-likeness (QED) is 0.543. The Morgan fingerprint density at radius 2 is 1.77 bits per heavy atom. The van der Waals surface area contributed by atoms with E-state index in [1.807, 2.05) is 0 Å². The monoisotopic (exact) mass is 313 g/mol. The molecule has 124 valence electrons. The Hall–Kier alpha value is -1.83. The lowest BCUT2D eigenvalue weighted by Gasteiger charge is -2.23. The van der Waals surface area contributed by atoms with Crippen molar-refractivity contribution in [2.24, 2.45) is 0 Å². The molecule has 7 heteroatoms. The lowest BCUT2D eigenvalue weighted by atomic mass is 9.98. The van der Waals surface area contributed by atoms with Crippen LogP contribution >= 0.6 is 0 Å². The summed E-state index contributed by atoms with van der Waals surface area (Å²) in [7, 11) is 2.85. The predicted octanol–water partition coefficient (Wildman–Crippen LogP) is 0.117. The van der Waals surface area contributed by atoms with Crippen LogP contribution in [0.3, 0.4) is 0 Å². The highest BCUT2D eigenvalue weighted by molar-refractivity contribution is 5.72. The van der Waals surface area contributed by atoms with Gasteiger partial charge in [0.1, 0.15) is 17.6 Å². The summed E-state index contributed by atoms with van der Waals surface area (Å²) in [4.78, 5) is 10.8. The molecule has 0 saturated carbocycles. The summed E-state index contributed by atoms with van der Waals surface area (Å²) in [6.07, 6.45) is -2.17. The molecule has 0 saturated heterocycles. The Labute approximate surface area is 129 Å². The van der Waals surface area contributed by atoms with Crippen LogP contribution in [0, 0.1) is 0 Å². The van der Waals surface area contributed by atoms with Gasteiger partial charge in [0, 0.05) is 13.5 Å². The number of aliphatic hydroxyl groups is 3. The number of hydrogen-bond acceptors (Lipinski definition) is 6. The van der Waals surface area contributed by atoms with Crippen molar-refractivity contribution in [3.05, 3.63) is 23.3 Å². The summed E-state index contributed by atoms with van der Waals surface area (Å²) in [5, 5.41) is 32.2. The number of amides is 1. The third-order valence-corrected chi connectivity index (χ3v) is 3.26. The van der Waals surface area contributed by atoms with Crippen molar-refractivity contribution in [3.63, 3.8) is 0 Å². The maximum Gasteiger partial charge on any atom is 0.216 e. The lowest BCUT2D eigenvalue weighted by molar-refractivity contribution is -0.119. The van der Waals surface area contributed by atoms with Gasteiger partial charge in [-0.15, -0.1) is 0 Å². The Morgan fingerprint density at radius 1 is 1.23 bits per heavy atom. The molecule has 1 aromatic rings. The molecule has 0 fully saturated rings. The third kappa shape index (κ3) is 4.59. The minimum Gasteiger partial charge on any atom is -0.496 e. The smallest absolute Gasteiger partial charge is 0.216 e. The summed E-state index contributed by atoms with van der Waals surface area (Å²) < 4.78 is 10.4. The van der Waals surface area contributed by atoms with E-state index >= 15 is 0 Å². The van der Waals surface area contributed by atoms with Crippen LogP contribution in [0.5, 0.6) is 11.5 Å². The number of nitrogens with one attached hydrogen (secondary N) is 1. The molecule has 0 aliphatic carbocycles. The van der Waals surface area contributed by atoms with E-state index in [0.717, 1.165) is 0 Å². The predicted molar refractivity (Wildman–Crippen MR) is 79.7 cm³/mol. The van der Waals surface area contributed by atoms with Gasteiger partial charge in [0.25, 0.3) is 0 Å². The normalized spacial score (nSPS) is 13.4. The fourth-order valence-electron chi connectivity index (χ4n) is 2.12. The second-order valence-electron chi connectivity index (χ2n) is 4.86.